The summed E-state index contributed by atoms with van der Waals surface area (Å²) in [7, 11) is 0. The van der Waals surface area contributed by atoms with E-state index in [1.807, 2.05) is 28.8 Å². The van der Waals surface area contributed by atoms with Gasteiger partial charge in [-0.3, -0.25) is 10.1 Å². The van der Waals surface area contributed by atoms with E-state index in [2.05, 4.69) is 15.6 Å². The fourth-order valence-corrected chi connectivity index (χ4v) is 1.78. The first-order valence-electron chi connectivity index (χ1n) is 6.56. The normalized spacial score (nSPS) is 10.8. The Kier molecular flexibility index (Phi) is 4.34. The molecule has 0 saturated heterocycles. The maximum atomic E-state index is 11.5. The molecule has 0 aliphatic carbocycles. The number of amides is 3. The van der Waals surface area contributed by atoms with Crippen molar-refractivity contribution in [1.29, 1.82) is 0 Å². The van der Waals surface area contributed by atoms with Crippen molar-refractivity contribution >= 4 is 23.0 Å². The van der Waals surface area contributed by atoms with Gasteiger partial charge in [0.1, 0.15) is 0 Å². The summed E-state index contributed by atoms with van der Waals surface area (Å²) in [5.74, 6) is -0.492. The lowest BCUT2D eigenvalue weighted by Gasteiger charge is -2.09. The maximum Gasteiger partial charge on any atom is 0.321 e. The lowest BCUT2D eigenvalue weighted by atomic mass is 10.2. The second kappa shape index (κ2) is 6.18. The highest BCUT2D eigenvalue weighted by Crippen LogP contribution is 2.10. The summed E-state index contributed by atoms with van der Waals surface area (Å²) in [6.45, 7) is 4.50. The van der Waals surface area contributed by atoms with Crippen LogP contribution in [0.1, 0.15) is 13.8 Å². The van der Waals surface area contributed by atoms with Crippen molar-refractivity contribution in [3.63, 3.8) is 0 Å². The van der Waals surface area contributed by atoms with Crippen LogP contribution >= 0.6 is 0 Å². The summed E-state index contributed by atoms with van der Waals surface area (Å²) in [5.41, 5.74) is 1.94. The molecule has 0 saturated carbocycles. The maximum absolute atomic E-state index is 11.5. The molecule has 0 unspecified atom stereocenters. The summed E-state index contributed by atoms with van der Waals surface area (Å²) in [5, 5.41) is 4.93. The minimum Gasteiger partial charge on any atom is -0.336 e. The Hall–Kier alpha value is -2.37. The second-order valence-electron chi connectivity index (χ2n) is 4.83. The Labute approximate surface area is 117 Å². The highest BCUT2D eigenvalue weighted by atomic mass is 16.2. The van der Waals surface area contributed by atoms with E-state index in [1.54, 1.807) is 20.2 Å². The van der Waals surface area contributed by atoms with Gasteiger partial charge in [-0.1, -0.05) is 26.0 Å². The molecular weight excluding hydrogens is 256 g/mol. The Morgan fingerprint density at radius 1 is 1.30 bits per heavy atom. The van der Waals surface area contributed by atoms with E-state index >= 15 is 0 Å². The zero-order valence-electron chi connectivity index (χ0n) is 11.6. The monoisotopic (exact) mass is 274 g/mol. The van der Waals surface area contributed by atoms with Gasteiger partial charge in [-0.05, 0) is 12.1 Å². The van der Waals surface area contributed by atoms with Crippen LogP contribution in [0.5, 0.6) is 0 Å². The minimum atomic E-state index is -0.465. The van der Waals surface area contributed by atoms with Gasteiger partial charge in [-0.2, -0.15) is 0 Å². The molecule has 0 spiro atoms. The van der Waals surface area contributed by atoms with Gasteiger partial charge in [-0.25, -0.2) is 9.78 Å². The van der Waals surface area contributed by atoms with Gasteiger partial charge in [0.05, 0.1) is 17.4 Å². The molecule has 20 heavy (non-hydrogen) atoms. The quantitative estimate of drug-likeness (QED) is 0.887. The molecule has 6 nitrogen and oxygen atoms in total. The van der Waals surface area contributed by atoms with E-state index < -0.39 is 6.03 Å². The van der Waals surface area contributed by atoms with Crippen molar-refractivity contribution < 1.29 is 9.59 Å². The van der Waals surface area contributed by atoms with Crippen molar-refractivity contribution in [2.24, 2.45) is 5.92 Å². The lowest BCUT2D eigenvalue weighted by molar-refractivity contribution is -0.122. The average molecular weight is 274 g/mol. The lowest BCUT2D eigenvalue weighted by Crippen LogP contribution is -2.42. The molecule has 0 atom stereocenters. The summed E-state index contributed by atoms with van der Waals surface area (Å²) in [6.07, 6.45) is 1.74. The first kappa shape index (κ1) is 14.0. The number of rotatable bonds is 4. The van der Waals surface area contributed by atoms with Crippen molar-refractivity contribution in [2.75, 3.05) is 6.54 Å². The SMILES string of the molecule is CC(C)C(=O)NC(=O)NCCn1cnc2ccccc21. The van der Waals surface area contributed by atoms with Crippen molar-refractivity contribution in [3.8, 4) is 0 Å². The number of fused-ring (bicyclic) bond motifs is 1. The zero-order valence-corrected chi connectivity index (χ0v) is 11.6. The van der Waals surface area contributed by atoms with E-state index in [-0.39, 0.29) is 11.8 Å². The van der Waals surface area contributed by atoms with Gasteiger partial charge in [0.15, 0.2) is 0 Å². The fraction of sp³-hybridized carbons (Fsp3) is 0.357. The van der Waals surface area contributed by atoms with Crippen LogP contribution in [0, 0.1) is 5.92 Å². The van der Waals surface area contributed by atoms with Gasteiger partial charge in [0.25, 0.3) is 0 Å². The summed E-state index contributed by atoms with van der Waals surface area (Å²) in [4.78, 5) is 27.1. The largest absolute Gasteiger partial charge is 0.336 e. The summed E-state index contributed by atoms with van der Waals surface area (Å²) >= 11 is 0. The fourth-order valence-electron chi connectivity index (χ4n) is 1.78. The third-order valence-corrected chi connectivity index (χ3v) is 2.93. The number of urea groups is 1. The number of aromatic nitrogens is 2. The molecule has 3 amide bonds. The van der Waals surface area contributed by atoms with Crippen LogP contribution in [0.4, 0.5) is 4.79 Å². The van der Waals surface area contributed by atoms with Crippen LogP contribution in [-0.2, 0) is 11.3 Å². The van der Waals surface area contributed by atoms with Crippen LogP contribution in [0.15, 0.2) is 30.6 Å². The number of benzene rings is 1. The number of imidazole rings is 1. The highest BCUT2D eigenvalue weighted by Gasteiger charge is 2.10. The van der Waals surface area contributed by atoms with Crippen LogP contribution in [0.25, 0.3) is 11.0 Å². The van der Waals surface area contributed by atoms with Crippen molar-refractivity contribution in [1.82, 2.24) is 20.2 Å². The molecular formula is C14H18N4O2. The first-order valence-corrected chi connectivity index (χ1v) is 6.56. The molecule has 0 bridgehead atoms. The number of carbonyl (C=O) groups is 2. The second-order valence-corrected chi connectivity index (χ2v) is 4.83. The number of hydrogen-bond acceptors (Lipinski definition) is 3. The van der Waals surface area contributed by atoms with E-state index in [4.69, 9.17) is 0 Å². The number of nitrogens with one attached hydrogen (secondary N) is 2. The van der Waals surface area contributed by atoms with Crippen LogP contribution < -0.4 is 10.6 Å². The molecule has 2 rings (SSSR count). The average Bonchev–Trinajstić information content (AvgIpc) is 2.82. The predicted octanol–water partition coefficient (Wildman–Crippen LogP) is 1.52. The van der Waals surface area contributed by atoms with E-state index in [0.717, 1.165) is 11.0 Å². The molecule has 0 fully saturated rings. The highest BCUT2D eigenvalue weighted by molar-refractivity contribution is 5.95. The predicted molar refractivity (Wildman–Crippen MR) is 76.1 cm³/mol. The first-order chi connectivity index (χ1) is 9.58. The van der Waals surface area contributed by atoms with Crippen LogP contribution in [-0.4, -0.2) is 28.0 Å². The summed E-state index contributed by atoms with van der Waals surface area (Å²) in [6, 6.07) is 7.33. The Balaban J connectivity index is 1.84. The molecule has 1 aromatic heterocycles. The number of hydrogen-bond donors (Lipinski definition) is 2. The Morgan fingerprint density at radius 3 is 2.80 bits per heavy atom. The van der Waals surface area contributed by atoms with E-state index in [9.17, 15) is 9.59 Å². The smallest absolute Gasteiger partial charge is 0.321 e. The molecule has 2 N–H and O–H groups in total. The van der Waals surface area contributed by atoms with Gasteiger partial charge < -0.3 is 9.88 Å². The molecule has 1 heterocycles. The van der Waals surface area contributed by atoms with Gasteiger partial charge in [0, 0.05) is 19.0 Å². The molecule has 0 aliphatic rings. The zero-order chi connectivity index (χ0) is 14.5. The summed E-state index contributed by atoms with van der Waals surface area (Å²) < 4.78 is 1.96. The van der Waals surface area contributed by atoms with Crippen molar-refractivity contribution in [3.05, 3.63) is 30.6 Å². The molecule has 0 radical (unpaired) electrons. The van der Waals surface area contributed by atoms with Crippen LogP contribution in [0.2, 0.25) is 0 Å². The Bertz CT molecular complexity index is 618. The van der Waals surface area contributed by atoms with Crippen molar-refractivity contribution in [2.45, 2.75) is 20.4 Å². The molecule has 0 aliphatic heterocycles. The minimum absolute atomic E-state index is 0.210. The number of para-hydroxylation sites is 2. The standard InChI is InChI=1S/C14H18N4O2/c1-10(2)13(19)17-14(20)15-7-8-18-9-16-11-5-3-4-6-12(11)18/h3-6,9-10H,7-8H2,1-2H3,(H2,15,17,19,20). The molecule has 106 valence electrons. The third-order valence-electron chi connectivity index (χ3n) is 2.93. The Morgan fingerprint density at radius 2 is 2.05 bits per heavy atom. The molecule has 1 aromatic carbocycles. The molecule has 6 heteroatoms. The van der Waals surface area contributed by atoms with Gasteiger partial charge >= 0.3 is 6.03 Å². The van der Waals surface area contributed by atoms with Gasteiger partial charge in [-0.15, -0.1) is 0 Å². The van der Waals surface area contributed by atoms with E-state index in [0.29, 0.717) is 13.1 Å². The number of imide groups is 1. The molecule has 2 aromatic rings. The third kappa shape index (κ3) is 3.34. The van der Waals surface area contributed by atoms with E-state index in [1.165, 1.54) is 0 Å². The topological polar surface area (TPSA) is 76.0 Å². The number of carbonyl (C=O) groups excluding carboxylic acids is 2. The number of nitrogens with zero attached hydrogens (tertiary/aromatic N) is 2. The van der Waals surface area contributed by atoms with Crippen LogP contribution in [0.3, 0.4) is 0 Å². The van der Waals surface area contributed by atoms with Gasteiger partial charge in [0.2, 0.25) is 5.91 Å².